The van der Waals surface area contributed by atoms with E-state index in [-0.39, 0.29) is 0 Å². The fourth-order valence-electron chi connectivity index (χ4n) is 3.70. The first-order valence-electron chi connectivity index (χ1n) is 9.86. The standard InChI is InChI=1S/C27H19IN2/c28-23-18-16-22(17-19-23)27-29-25(20-10-4-1-5-11-20)26(21-12-6-2-7-13-21)30(27)24-14-8-3-9-15-24/h1-19H. The summed E-state index contributed by atoms with van der Waals surface area (Å²) >= 11 is 2.34. The maximum absolute atomic E-state index is 5.19. The Bertz CT molecular complexity index is 1260. The van der Waals surface area contributed by atoms with Crippen LogP contribution in [0.1, 0.15) is 0 Å². The van der Waals surface area contributed by atoms with Gasteiger partial charge in [0.05, 0.1) is 11.4 Å². The van der Waals surface area contributed by atoms with Crippen molar-refractivity contribution in [2.45, 2.75) is 0 Å². The van der Waals surface area contributed by atoms with Gasteiger partial charge in [0.2, 0.25) is 0 Å². The van der Waals surface area contributed by atoms with Gasteiger partial charge in [-0.1, -0.05) is 91.0 Å². The number of imidazole rings is 1. The predicted octanol–water partition coefficient (Wildman–Crippen LogP) is 7.48. The topological polar surface area (TPSA) is 17.8 Å². The highest BCUT2D eigenvalue weighted by molar-refractivity contribution is 14.1. The lowest BCUT2D eigenvalue weighted by molar-refractivity contribution is 1.07. The number of nitrogens with zero attached hydrogens (tertiary/aromatic N) is 2. The van der Waals surface area contributed by atoms with Crippen molar-refractivity contribution in [2.75, 3.05) is 0 Å². The normalized spacial score (nSPS) is 10.8. The largest absolute Gasteiger partial charge is 0.292 e. The van der Waals surface area contributed by atoms with Crippen LogP contribution in [0.25, 0.3) is 39.6 Å². The highest BCUT2D eigenvalue weighted by atomic mass is 127. The van der Waals surface area contributed by atoms with E-state index in [4.69, 9.17) is 4.98 Å². The van der Waals surface area contributed by atoms with Crippen molar-refractivity contribution in [3.8, 4) is 39.6 Å². The maximum atomic E-state index is 5.19. The highest BCUT2D eigenvalue weighted by Crippen LogP contribution is 2.38. The van der Waals surface area contributed by atoms with E-state index < -0.39 is 0 Å². The molecule has 0 N–H and O–H groups in total. The Kier molecular flexibility index (Phi) is 5.20. The molecule has 30 heavy (non-hydrogen) atoms. The molecular formula is C27H19IN2. The number of benzene rings is 4. The molecule has 144 valence electrons. The quantitative estimate of drug-likeness (QED) is 0.235. The van der Waals surface area contributed by atoms with Crippen LogP contribution < -0.4 is 0 Å². The molecule has 0 aliphatic rings. The molecule has 5 aromatic rings. The average molecular weight is 498 g/mol. The van der Waals surface area contributed by atoms with Gasteiger partial charge in [-0.2, -0.15) is 0 Å². The number of hydrogen-bond acceptors (Lipinski definition) is 1. The van der Waals surface area contributed by atoms with Gasteiger partial charge in [0.25, 0.3) is 0 Å². The second kappa shape index (κ2) is 8.28. The molecule has 0 fully saturated rings. The van der Waals surface area contributed by atoms with E-state index in [0.29, 0.717) is 0 Å². The van der Waals surface area contributed by atoms with Crippen LogP contribution in [0.2, 0.25) is 0 Å². The van der Waals surface area contributed by atoms with E-state index in [1.807, 2.05) is 12.1 Å². The SMILES string of the molecule is Ic1ccc(-c2nc(-c3ccccc3)c(-c3ccccc3)n2-c2ccccc2)cc1. The fourth-order valence-corrected chi connectivity index (χ4v) is 4.06. The van der Waals surface area contributed by atoms with E-state index in [0.717, 1.165) is 39.6 Å². The van der Waals surface area contributed by atoms with E-state index in [1.165, 1.54) is 3.57 Å². The first-order valence-corrected chi connectivity index (χ1v) is 10.9. The van der Waals surface area contributed by atoms with Gasteiger partial charge < -0.3 is 0 Å². The van der Waals surface area contributed by atoms with E-state index in [1.54, 1.807) is 0 Å². The van der Waals surface area contributed by atoms with Crippen LogP contribution in [0.5, 0.6) is 0 Å². The van der Waals surface area contributed by atoms with E-state index in [9.17, 15) is 0 Å². The molecule has 0 aliphatic carbocycles. The molecule has 0 saturated carbocycles. The van der Waals surface area contributed by atoms with Crippen molar-refractivity contribution >= 4 is 22.6 Å². The summed E-state index contributed by atoms with van der Waals surface area (Å²) in [5, 5.41) is 0. The van der Waals surface area contributed by atoms with Gasteiger partial charge in [0.1, 0.15) is 5.82 Å². The van der Waals surface area contributed by atoms with Crippen molar-refractivity contribution in [1.82, 2.24) is 9.55 Å². The zero-order valence-electron chi connectivity index (χ0n) is 16.2. The van der Waals surface area contributed by atoms with Crippen molar-refractivity contribution in [1.29, 1.82) is 0 Å². The molecule has 0 aliphatic heterocycles. The minimum atomic E-state index is 0.940. The molecule has 0 bridgehead atoms. The van der Waals surface area contributed by atoms with Crippen molar-refractivity contribution in [2.24, 2.45) is 0 Å². The third-order valence-electron chi connectivity index (χ3n) is 5.09. The molecule has 2 nitrogen and oxygen atoms in total. The van der Waals surface area contributed by atoms with Gasteiger partial charge in [0.15, 0.2) is 0 Å². The van der Waals surface area contributed by atoms with Crippen molar-refractivity contribution < 1.29 is 0 Å². The third kappa shape index (κ3) is 3.57. The smallest absolute Gasteiger partial charge is 0.145 e. The number of hydrogen-bond donors (Lipinski definition) is 0. The Morgan fingerprint density at radius 1 is 0.533 bits per heavy atom. The molecule has 0 spiro atoms. The van der Waals surface area contributed by atoms with Crippen LogP contribution in [0, 0.1) is 3.57 Å². The molecule has 0 unspecified atom stereocenters. The summed E-state index contributed by atoms with van der Waals surface area (Å²) in [4.78, 5) is 5.19. The van der Waals surface area contributed by atoms with Crippen LogP contribution in [0.4, 0.5) is 0 Å². The zero-order valence-corrected chi connectivity index (χ0v) is 18.4. The number of aromatic nitrogens is 2. The Hall–Kier alpha value is -3.18. The Labute approximate surface area is 190 Å². The average Bonchev–Trinajstić information content (AvgIpc) is 3.22. The Morgan fingerprint density at radius 2 is 1.07 bits per heavy atom. The summed E-state index contributed by atoms with van der Waals surface area (Å²) in [5.41, 5.74) is 6.53. The van der Waals surface area contributed by atoms with Crippen LogP contribution in [-0.4, -0.2) is 9.55 Å². The minimum Gasteiger partial charge on any atom is -0.292 e. The van der Waals surface area contributed by atoms with Crippen LogP contribution in [0.3, 0.4) is 0 Å². The van der Waals surface area contributed by atoms with Gasteiger partial charge >= 0.3 is 0 Å². The molecule has 5 rings (SSSR count). The first kappa shape index (κ1) is 18.8. The van der Waals surface area contributed by atoms with E-state index >= 15 is 0 Å². The monoisotopic (exact) mass is 498 g/mol. The number of para-hydroxylation sites is 1. The molecular weight excluding hydrogens is 479 g/mol. The molecule has 1 aromatic heterocycles. The predicted molar refractivity (Wildman–Crippen MR) is 133 cm³/mol. The number of rotatable bonds is 4. The summed E-state index contributed by atoms with van der Waals surface area (Å²) in [6, 6.07) is 40.0. The molecule has 1 heterocycles. The lowest BCUT2D eigenvalue weighted by atomic mass is 10.0. The summed E-state index contributed by atoms with van der Waals surface area (Å²) in [6.45, 7) is 0. The van der Waals surface area contributed by atoms with Gasteiger partial charge in [-0.3, -0.25) is 4.57 Å². The lowest BCUT2D eigenvalue weighted by Crippen LogP contribution is -2.00. The highest BCUT2D eigenvalue weighted by Gasteiger charge is 2.22. The zero-order chi connectivity index (χ0) is 20.3. The summed E-state index contributed by atoms with van der Waals surface area (Å²) < 4.78 is 3.49. The summed E-state index contributed by atoms with van der Waals surface area (Å²) in [7, 11) is 0. The van der Waals surface area contributed by atoms with Crippen LogP contribution >= 0.6 is 22.6 Å². The first-order chi connectivity index (χ1) is 14.8. The second-order valence-electron chi connectivity index (χ2n) is 7.04. The third-order valence-corrected chi connectivity index (χ3v) is 5.81. The van der Waals surface area contributed by atoms with Gasteiger partial charge in [-0.05, 0) is 46.9 Å². The molecule has 0 radical (unpaired) electrons. The van der Waals surface area contributed by atoms with Crippen molar-refractivity contribution in [3.63, 3.8) is 0 Å². The number of halogens is 1. The Morgan fingerprint density at radius 3 is 1.67 bits per heavy atom. The molecule has 3 heteroatoms. The van der Waals surface area contributed by atoms with Crippen LogP contribution in [0.15, 0.2) is 115 Å². The Balaban J connectivity index is 1.88. The fraction of sp³-hybridized carbons (Fsp3) is 0. The van der Waals surface area contributed by atoms with Gasteiger partial charge in [-0.15, -0.1) is 0 Å². The molecule has 0 saturated heterocycles. The summed E-state index contributed by atoms with van der Waals surface area (Å²) in [6.07, 6.45) is 0. The van der Waals surface area contributed by atoms with Crippen molar-refractivity contribution in [3.05, 3.63) is 119 Å². The second-order valence-corrected chi connectivity index (χ2v) is 8.29. The van der Waals surface area contributed by atoms with E-state index in [2.05, 4.69) is 130 Å². The van der Waals surface area contributed by atoms with Gasteiger partial charge in [0, 0.05) is 25.9 Å². The molecule has 0 amide bonds. The lowest BCUT2D eigenvalue weighted by Gasteiger charge is -2.13. The maximum Gasteiger partial charge on any atom is 0.145 e. The molecule has 4 aromatic carbocycles. The van der Waals surface area contributed by atoms with Crippen LogP contribution in [-0.2, 0) is 0 Å². The van der Waals surface area contributed by atoms with Gasteiger partial charge in [-0.25, -0.2) is 4.98 Å². The minimum absolute atomic E-state index is 0.940. The molecule has 0 atom stereocenters. The summed E-state index contributed by atoms with van der Waals surface area (Å²) in [5.74, 6) is 0.940.